The number of hydrogen-bond acceptors (Lipinski definition) is 13. The van der Waals surface area contributed by atoms with Gasteiger partial charge in [-0.1, -0.05) is 22.3 Å². The predicted octanol–water partition coefficient (Wildman–Crippen LogP) is 5.42. The van der Waals surface area contributed by atoms with Crippen molar-refractivity contribution in [2.24, 2.45) is 16.6 Å². The summed E-state index contributed by atoms with van der Waals surface area (Å²) in [5, 5.41) is 8.68. The molecule has 0 bridgehead atoms. The number of ether oxygens (including phenoxy) is 6. The summed E-state index contributed by atoms with van der Waals surface area (Å²) in [7, 11) is -0.905. The summed E-state index contributed by atoms with van der Waals surface area (Å²) in [5.41, 5.74) is 4.57. The minimum absolute atomic E-state index is 0.0199. The van der Waals surface area contributed by atoms with Gasteiger partial charge in [-0.3, -0.25) is 24.0 Å². The lowest BCUT2D eigenvalue weighted by Gasteiger charge is -2.36. The van der Waals surface area contributed by atoms with E-state index >= 15 is 0 Å². The average Bonchev–Trinajstić information content (AvgIpc) is 3.13. The van der Waals surface area contributed by atoms with Crippen LogP contribution in [0.1, 0.15) is 87.0 Å². The summed E-state index contributed by atoms with van der Waals surface area (Å²) in [4.78, 5) is 64.8. The van der Waals surface area contributed by atoms with Gasteiger partial charge in [0, 0.05) is 25.3 Å². The van der Waals surface area contributed by atoms with E-state index in [4.69, 9.17) is 39.6 Å². The zero-order valence-corrected chi connectivity index (χ0v) is 39.8. The Bertz CT molecular complexity index is 1230. The Labute approximate surface area is 347 Å². The van der Waals surface area contributed by atoms with Gasteiger partial charge in [-0.05, 0) is 114 Å². The number of nitrogens with two attached hydrogens (primary N) is 1. The number of amides is 1. The summed E-state index contributed by atoms with van der Waals surface area (Å²) in [6, 6.07) is -0.477. The quantitative estimate of drug-likeness (QED) is 0.0249. The van der Waals surface area contributed by atoms with Crippen molar-refractivity contribution in [3.63, 3.8) is 0 Å². The molecule has 0 aliphatic heterocycles. The maximum absolute atomic E-state index is 13.3. The molecule has 14 nitrogen and oxygen atoms in total. The van der Waals surface area contributed by atoms with Gasteiger partial charge in [-0.25, -0.2) is 0 Å². The van der Waals surface area contributed by atoms with E-state index in [-0.39, 0.29) is 52.0 Å². The minimum atomic E-state index is -1.30. The second-order valence-corrected chi connectivity index (χ2v) is 23.7. The molecule has 2 atom stereocenters. The molecule has 4 N–H and O–H groups in total. The van der Waals surface area contributed by atoms with Crippen molar-refractivity contribution < 1.29 is 52.4 Å². The molecule has 0 fully saturated rings. The summed E-state index contributed by atoms with van der Waals surface area (Å²) >= 11 is 0. The number of esters is 3. The first-order valence-corrected chi connectivity index (χ1v) is 26.0. The lowest BCUT2D eigenvalue weighted by molar-refractivity contribution is -0.173. The van der Waals surface area contributed by atoms with Crippen molar-refractivity contribution >= 4 is 59.7 Å². The van der Waals surface area contributed by atoms with E-state index in [1.54, 1.807) is 20.8 Å². The highest BCUT2D eigenvalue weighted by Crippen LogP contribution is 2.44. The van der Waals surface area contributed by atoms with Crippen molar-refractivity contribution in [1.29, 1.82) is 5.41 Å². The first-order valence-electron chi connectivity index (χ1n) is 19.8. The molecule has 0 aromatic heterocycles. The van der Waals surface area contributed by atoms with Gasteiger partial charge in [0.2, 0.25) is 5.91 Å². The molecule has 332 valence electrons. The first-order chi connectivity index (χ1) is 26.4. The number of ketones is 1. The number of Topliss-reactive ketones (excluding diaryl/α,β-unsaturated/α-hetero) is 1. The Kier molecular flexibility index (Phi) is 27.2. The first kappa shape index (κ1) is 55.4. The van der Waals surface area contributed by atoms with Crippen LogP contribution in [0.3, 0.4) is 0 Å². The Morgan fingerprint density at radius 1 is 0.702 bits per heavy atom. The summed E-state index contributed by atoms with van der Waals surface area (Å²) in [6.45, 7) is 22.7. The number of hydrogen-bond donors (Lipinski definition) is 3. The molecule has 0 heterocycles. The van der Waals surface area contributed by atoms with Crippen LogP contribution in [0.15, 0.2) is 0 Å². The summed E-state index contributed by atoms with van der Waals surface area (Å²) < 4.78 is 34.6. The Morgan fingerprint density at radius 3 is 1.70 bits per heavy atom. The third-order valence-corrected chi connectivity index (χ3v) is 16.0. The van der Waals surface area contributed by atoms with Crippen LogP contribution < -0.4 is 11.1 Å². The molecule has 0 spiro atoms. The fourth-order valence-corrected chi connectivity index (χ4v) is 6.67. The summed E-state index contributed by atoms with van der Waals surface area (Å²) in [5.74, 6) is -1.71. The van der Waals surface area contributed by atoms with E-state index < -0.39 is 66.8 Å². The van der Waals surface area contributed by atoms with Crippen molar-refractivity contribution in [1.82, 2.24) is 5.32 Å². The van der Waals surface area contributed by atoms with Crippen LogP contribution >= 0.6 is 24.4 Å². The monoisotopic (exact) mass is 867 g/mol. The normalized spacial score (nSPS) is 13.2. The van der Waals surface area contributed by atoms with E-state index in [2.05, 4.69) is 5.32 Å². The van der Waals surface area contributed by atoms with Gasteiger partial charge in [0.15, 0.2) is 0 Å². The van der Waals surface area contributed by atoms with Gasteiger partial charge in [0.25, 0.3) is 0 Å². The molecule has 0 aliphatic rings. The zero-order chi connectivity index (χ0) is 43.9. The summed E-state index contributed by atoms with van der Waals surface area (Å²) in [6.07, 6.45) is 4.60. The molecule has 17 heteroatoms. The smallest absolute Gasteiger partial charge is 0.315 e. The van der Waals surface area contributed by atoms with Crippen molar-refractivity contribution in [3.8, 4) is 0 Å². The second kappa shape index (κ2) is 28.0. The maximum Gasteiger partial charge on any atom is 0.315 e. The van der Waals surface area contributed by atoms with E-state index in [0.29, 0.717) is 59.5 Å². The van der Waals surface area contributed by atoms with Gasteiger partial charge in [-0.2, -0.15) is 0 Å². The third-order valence-electron chi connectivity index (χ3n) is 9.96. The minimum Gasteiger partial charge on any atom is -0.464 e. The Balaban J connectivity index is 5.26. The molecule has 0 saturated heterocycles. The van der Waals surface area contributed by atoms with Crippen LogP contribution in [0.25, 0.3) is 0 Å². The van der Waals surface area contributed by atoms with Gasteiger partial charge in [0.1, 0.15) is 32.2 Å². The van der Waals surface area contributed by atoms with Crippen molar-refractivity contribution in [3.05, 3.63) is 0 Å². The van der Waals surface area contributed by atoms with Crippen LogP contribution in [-0.2, 0) is 52.4 Å². The topological polar surface area (TPSA) is 203 Å². The highest BCUT2D eigenvalue weighted by atomic mass is 31.1. The van der Waals surface area contributed by atoms with Gasteiger partial charge in [0.05, 0.1) is 53.6 Å². The average molecular weight is 868 g/mol. The fourth-order valence-electron chi connectivity index (χ4n) is 4.78. The standard InChI is InChI=1S/C40H76N3O11P3/c1-30(41)16-13-14-17-31(42)32(44)18-15-20-49-22-23-50-21-19-43-33(45)24-51-25-40(26-52-34(46)37(2,3)29-55-8,27-53-35(47)38(4,5)56(9)10)28-54-36(48)39(6,7)57(11)12/h31,41,55H,13-29,42H2,1-12H3,(H,43,45). The lowest BCUT2D eigenvalue weighted by atomic mass is 9.91. The lowest BCUT2D eigenvalue weighted by Crippen LogP contribution is -2.47. The van der Waals surface area contributed by atoms with Crippen LogP contribution in [0, 0.1) is 16.2 Å². The molecule has 0 rings (SSSR count). The SMILES string of the molecule is CPCC(C)(C)C(=O)OCC(COCC(=O)NCCOCCOCCCC(=O)C(N)CCCCC(C)=N)(COC(=O)C(C)(C)P(C)C)COC(=O)C(C)(C)P(C)C. The maximum atomic E-state index is 13.3. The van der Waals surface area contributed by atoms with Gasteiger partial charge < -0.3 is 44.9 Å². The van der Waals surface area contributed by atoms with Gasteiger partial charge in [-0.15, -0.1) is 8.58 Å². The molecular weight excluding hydrogens is 791 g/mol. The number of carbonyl (C=O) groups is 5. The van der Waals surface area contributed by atoms with E-state index in [1.807, 2.05) is 61.0 Å². The number of carbonyl (C=O) groups excluding carboxylic acids is 5. The van der Waals surface area contributed by atoms with Crippen LogP contribution in [-0.4, -0.2) is 157 Å². The molecule has 0 aliphatic carbocycles. The van der Waals surface area contributed by atoms with E-state index in [9.17, 15) is 24.0 Å². The third kappa shape index (κ3) is 22.5. The molecule has 57 heavy (non-hydrogen) atoms. The molecule has 0 radical (unpaired) electrons. The molecule has 0 saturated carbocycles. The second-order valence-electron chi connectivity index (χ2n) is 16.8. The van der Waals surface area contributed by atoms with Crippen molar-refractivity contribution in [2.45, 2.75) is 103 Å². The largest absolute Gasteiger partial charge is 0.464 e. The highest BCUT2D eigenvalue weighted by Gasteiger charge is 2.42. The number of nitrogens with one attached hydrogen (secondary N) is 2. The van der Waals surface area contributed by atoms with Crippen LogP contribution in [0.2, 0.25) is 0 Å². The van der Waals surface area contributed by atoms with Gasteiger partial charge >= 0.3 is 17.9 Å². The zero-order valence-electron chi connectivity index (χ0n) is 37.1. The molecule has 2 unspecified atom stereocenters. The highest BCUT2D eigenvalue weighted by molar-refractivity contribution is 7.59. The Hall–Kier alpha value is -1.65. The Morgan fingerprint density at radius 2 is 1.21 bits per heavy atom. The predicted molar refractivity (Wildman–Crippen MR) is 233 cm³/mol. The molecule has 0 aromatic carbocycles. The van der Waals surface area contributed by atoms with E-state index in [1.165, 1.54) is 0 Å². The van der Waals surface area contributed by atoms with Crippen LogP contribution in [0.4, 0.5) is 0 Å². The van der Waals surface area contributed by atoms with Crippen molar-refractivity contribution in [2.75, 3.05) is 105 Å². The number of unbranched alkanes of at least 4 members (excludes halogenated alkanes) is 1. The van der Waals surface area contributed by atoms with E-state index in [0.717, 1.165) is 19.3 Å². The molecule has 0 aromatic rings. The molecular formula is C40H76N3O11P3. The van der Waals surface area contributed by atoms with Crippen LogP contribution in [0.5, 0.6) is 0 Å². The number of rotatable bonds is 33. The fraction of sp³-hybridized carbons (Fsp3) is 0.850. The molecule has 1 amide bonds.